The zero-order chi connectivity index (χ0) is 33.3. The number of benzene rings is 3. The molecule has 46 heavy (non-hydrogen) atoms. The fourth-order valence-corrected chi connectivity index (χ4v) is 6.36. The van der Waals surface area contributed by atoms with E-state index in [0.29, 0.717) is 19.8 Å². The summed E-state index contributed by atoms with van der Waals surface area (Å²) in [5, 5.41) is 4.21. The SMILES string of the molecule is CCOP(=S)(OCC)Oc1ncn(-c2ccccc2)n1.CCOc1cc(C(C)(C)C)ccc1C1COC(c2c(F)cccc2F)=N1. The van der Waals surface area contributed by atoms with Gasteiger partial charge in [-0.1, -0.05) is 57.2 Å². The summed E-state index contributed by atoms with van der Waals surface area (Å²) < 4.78 is 57.2. The summed E-state index contributed by atoms with van der Waals surface area (Å²) >= 11 is 5.26. The molecule has 0 N–H and O–H groups in total. The molecule has 2 heterocycles. The van der Waals surface area contributed by atoms with Crippen molar-refractivity contribution >= 4 is 24.4 Å². The molecule has 0 saturated carbocycles. The summed E-state index contributed by atoms with van der Waals surface area (Å²) in [6.07, 6.45) is 1.56. The van der Waals surface area contributed by atoms with Gasteiger partial charge in [-0.3, -0.25) is 9.05 Å². The summed E-state index contributed by atoms with van der Waals surface area (Å²) in [7, 11) is 0. The van der Waals surface area contributed by atoms with Crippen LogP contribution in [-0.4, -0.2) is 47.1 Å². The molecule has 4 aromatic rings. The van der Waals surface area contributed by atoms with Gasteiger partial charge in [0.05, 0.1) is 25.5 Å². The highest BCUT2D eigenvalue weighted by Crippen LogP contribution is 2.48. The van der Waals surface area contributed by atoms with Crippen LogP contribution in [0, 0.1) is 11.6 Å². The molecule has 0 fully saturated rings. The Hall–Kier alpha value is -3.70. The highest BCUT2D eigenvalue weighted by Gasteiger charge is 2.29. The maximum absolute atomic E-state index is 14.0. The van der Waals surface area contributed by atoms with Crippen LogP contribution >= 0.6 is 6.72 Å². The number of ether oxygens (including phenoxy) is 2. The molecule has 1 aliphatic heterocycles. The van der Waals surface area contributed by atoms with E-state index >= 15 is 0 Å². The summed E-state index contributed by atoms with van der Waals surface area (Å²) in [5.41, 5.74) is 2.65. The Bertz CT molecular complexity index is 1650. The summed E-state index contributed by atoms with van der Waals surface area (Å²) in [5.74, 6) is -0.643. The first-order valence-electron chi connectivity index (χ1n) is 15.0. The Labute approximate surface area is 273 Å². The van der Waals surface area contributed by atoms with E-state index in [1.165, 1.54) is 18.2 Å². The molecule has 0 aliphatic carbocycles. The number of aromatic nitrogens is 3. The predicted molar refractivity (Wildman–Crippen MR) is 177 cm³/mol. The molecule has 0 bridgehead atoms. The van der Waals surface area contributed by atoms with Crippen molar-refractivity contribution in [2.75, 3.05) is 26.4 Å². The first-order chi connectivity index (χ1) is 22.0. The molecule has 0 radical (unpaired) electrons. The minimum Gasteiger partial charge on any atom is -0.494 e. The molecule has 1 unspecified atom stereocenters. The second-order valence-corrected chi connectivity index (χ2v) is 13.9. The lowest BCUT2D eigenvalue weighted by Crippen LogP contribution is -2.12. The molecule has 1 aromatic heterocycles. The van der Waals surface area contributed by atoms with Crippen LogP contribution in [0.1, 0.15) is 64.3 Å². The van der Waals surface area contributed by atoms with Crippen molar-refractivity contribution in [1.29, 1.82) is 0 Å². The molecular formula is C33H39F2N4O5PS. The summed E-state index contributed by atoms with van der Waals surface area (Å²) in [6.45, 7) is 10.7. The molecule has 246 valence electrons. The van der Waals surface area contributed by atoms with E-state index in [0.717, 1.165) is 22.6 Å². The van der Waals surface area contributed by atoms with Gasteiger partial charge in [0, 0.05) is 17.4 Å². The van der Waals surface area contributed by atoms with E-state index in [1.807, 2.05) is 69.3 Å². The van der Waals surface area contributed by atoms with Crippen molar-refractivity contribution in [3.63, 3.8) is 0 Å². The van der Waals surface area contributed by atoms with Gasteiger partial charge in [-0.05, 0) is 62.1 Å². The van der Waals surface area contributed by atoms with Crippen molar-refractivity contribution < 1.29 is 31.8 Å². The Morgan fingerprint density at radius 3 is 2.22 bits per heavy atom. The Morgan fingerprint density at radius 2 is 1.61 bits per heavy atom. The lowest BCUT2D eigenvalue weighted by atomic mass is 9.86. The van der Waals surface area contributed by atoms with Gasteiger partial charge >= 0.3 is 12.7 Å². The maximum Gasteiger partial charge on any atom is 0.382 e. The van der Waals surface area contributed by atoms with Crippen LogP contribution in [-0.2, 0) is 31.0 Å². The third-order valence-electron chi connectivity index (χ3n) is 6.63. The van der Waals surface area contributed by atoms with Gasteiger partial charge in [-0.25, -0.2) is 18.5 Å². The summed E-state index contributed by atoms with van der Waals surface area (Å²) in [6, 6.07) is 19.1. The molecule has 1 atom stereocenters. The Morgan fingerprint density at radius 1 is 0.935 bits per heavy atom. The molecule has 3 aromatic carbocycles. The number of hydrogen-bond acceptors (Lipinski definition) is 9. The zero-order valence-electron chi connectivity index (χ0n) is 26.8. The van der Waals surface area contributed by atoms with Crippen molar-refractivity contribution in [2.45, 2.75) is 53.0 Å². The van der Waals surface area contributed by atoms with Gasteiger partial charge < -0.3 is 14.0 Å². The van der Waals surface area contributed by atoms with Gasteiger partial charge in [0.1, 0.15) is 41.9 Å². The molecule has 9 nitrogen and oxygen atoms in total. The van der Waals surface area contributed by atoms with Gasteiger partial charge in [-0.15, -0.1) is 5.10 Å². The van der Waals surface area contributed by atoms with Crippen LogP contribution in [0.3, 0.4) is 0 Å². The molecular weight excluding hydrogens is 633 g/mol. The second kappa shape index (κ2) is 15.7. The highest BCUT2D eigenvalue weighted by molar-refractivity contribution is 8.07. The average Bonchev–Trinajstić information content (AvgIpc) is 3.68. The zero-order valence-corrected chi connectivity index (χ0v) is 28.5. The van der Waals surface area contributed by atoms with Crippen LogP contribution in [0.5, 0.6) is 11.8 Å². The van der Waals surface area contributed by atoms with Crippen molar-refractivity contribution in [3.8, 4) is 17.4 Å². The highest BCUT2D eigenvalue weighted by atomic mass is 32.5. The van der Waals surface area contributed by atoms with Gasteiger partial charge in [0.25, 0.3) is 0 Å². The average molecular weight is 673 g/mol. The minimum absolute atomic E-state index is 0.00653. The monoisotopic (exact) mass is 672 g/mol. The first kappa shape index (κ1) is 35.2. The first-order valence-corrected chi connectivity index (χ1v) is 17.5. The third kappa shape index (κ3) is 8.97. The Kier molecular flexibility index (Phi) is 12.0. The standard InChI is InChI=1S/C21H23F2NO2.C12H16N3O3PS/c1-5-25-18-11-13(21(2,3)4)9-10-14(18)17-12-26-20(24-17)19-15(22)7-6-8-16(19)23;1-3-16-19(20,17-4-2)18-12-13-10-15(14-12)11-8-6-5-7-9-11/h6-11,17H,5,12H2,1-4H3;5-10H,3-4H2,1-2H3. The number of nitrogens with zero attached hydrogens (tertiary/aromatic N) is 4. The van der Waals surface area contributed by atoms with Gasteiger partial charge in [0.2, 0.25) is 5.90 Å². The lowest BCUT2D eigenvalue weighted by molar-refractivity contribution is 0.214. The predicted octanol–water partition coefficient (Wildman–Crippen LogP) is 8.12. The third-order valence-corrected chi connectivity index (χ3v) is 9.02. The van der Waals surface area contributed by atoms with E-state index in [1.54, 1.807) is 11.0 Å². The molecule has 0 saturated heterocycles. The quantitative estimate of drug-likeness (QED) is 0.148. The molecule has 0 spiro atoms. The van der Waals surface area contributed by atoms with Gasteiger partial charge in [0.15, 0.2) is 0 Å². The topological polar surface area (TPSA) is 89.2 Å². The van der Waals surface area contributed by atoms with Crippen LogP contribution < -0.4 is 9.26 Å². The Balaban J connectivity index is 0.000000216. The van der Waals surface area contributed by atoms with Crippen LogP contribution in [0.4, 0.5) is 8.78 Å². The molecule has 13 heteroatoms. The van der Waals surface area contributed by atoms with E-state index < -0.39 is 18.4 Å². The second-order valence-electron chi connectivity index (χ2n) is 11.0. The summed E-state index contributed by atoms with van der Waals surface area (Å²) in [4.78, 5) is 8.49. The van der Waals surface area contributed by atoms with Crippen LogP contribution in [0.25, 0.3) is 5.69 Å². The molecule has 0 amide bonds. The maximum atomic E-state index is 14.0. The van der Waals surface area contributed by atoms with E-state index in [-0.39, 0.29) is 35.5 Å². The normalized spacial score (nSPS) is 14.6. The molecule has 1 aliphatic rings. The van der Waals surface area contributed by atoms with Crippen LogP contribution in [0.2, 0.25) is 0 Å². The van der Waals surface area contributed by atoms with E-state index in [9.17, 15) is 8.78 Å². The lowest BCUT2D eigenvalue weighted by Gasteiger charge is -2.22. The van der Waals surface area contributed by atoms with Crippen molar-refractivity contribution in [1.82, 2.24) is 14.8 Å². The number of aliphatic imine (C=N–C) groups is 1. The number of hydrogen-bond donors (Lipinski definition) is 0. The van der Waals surface area contributed by atoms with Crippen molar-refractivity contribution in [2.24, 2.45) is 4.99 Å². The fourth-order valence-electron chi connectivity index (χ4n) is 4.43. The number of rotatable bonds is 11. The van der Waals surface area contributed by atoms with Gasteiger partial charge in [-0.2, -0.15) is 4.98 Å². The smallest absolute Gasteiger partial charge is 0.382 e. The van der Waals surface area contributed by atoms with Crippen molar-refractivity contribution in [3.05, 3.63) is 101 Å². The van der Waals surface area contributed by atoms with E-state index in [4.69, 9.17) is 34.9 Å². The fraction of sp³-hybridized carbons (Fsp3) is 0.364. The molecule has 5 rings (SSSR count). The van der Waals surface area contributed by atoms with Crippen LogP contribution in [0.15, 0.2) is 78.0 Å². The van der Waals surface area contributed by atoms with E-state index in [2.05, 4.69) is 35.8 Å². The largest absolute Gasteiger partial charge is 0.494 e. The minimum atomic E-state index is -2.82. The number of halogens is 2. The number of para-hydroxylation sites is 1.